The number of nitrogens with one attached hydrogen (secondary N) is 2. The van der Waals surface area contributed by atoms with Gasteiger partial charge in [0, 0.05) is 49.5 Å². The van der Waals surface area contributed by atoms with Gasteiger partial charge >= 0.3 is 0 Å². The quantitative estimate of drug-likeness (QED) is 0.230. The molecule has 0 saturated carbocycles. The molecular weight excluding hydrogens is 443 g/mol. The Morgan fingerprint density at radius 3 is 2.44 bits per heavy atom. The summed E-state index contributed by atoms with van der Waals surface area (Å²) in [5.74, 6) is 0.854. The van der Waals surface area contributed by atoms with Crippen LogP contribution in [0, 0.1) is 6.92 Å². The number of rotatable bonds is 14. The number of unbranched alkanes of at least 4 members (excludes halogenated alkanes) is 1. The van der Waals surface area contributed by atoms with Crippen molar-refractivity contribution in [3.63, 3.8) is 0 Å². The zero-order valence-electron chi connectivity index (χ0n) is 20.4. The SMILES string of the molecule is C=C/C(SF)=C(/C)N(C)/C(=C\C(=C)c1ccccc1C)NCCCCNC(=C)c1cccnc1. The highest BCUT2D eigenvalue weighted by atomic mass is 32.2. The molecule has 180 valence electrons. The lowest BCUT2D eigenvalue weighted by Crippen LogP contribution is -2.29. The highest BCUT2D eigenvalue weighted by Crippen LogP contribution is 2.26. The molecule has 0 atom stereocenters. The van der Waals surface area contributed by atoms with E-state index in [1.54, 1.807) is 12.4 Å². The van der Waals surface area contributed by atoms with Crippen LogP contribution in [-0.4, -0.2) is 30.0 Å². The molecular formula is C28H35FN4S. The van der Waals surface area contributed by atoms with Crippen molar-refractivity contribution < 1.29 is 3.89 Å². The number of pyridine rings is 1. The van der Waals surface area contributed by atoms with Gasteiger partial charge in [-0.2, -0.15) is 3.89 Å². The fraction of sp³-hybridized carbons (Fsp3) is 0.250. The summed E-state index contributed by atoms with van der Waals surface area (Å²) in [6, 6.07) is 12.0. The first-order valence-electron chi connectivity index (χ1n) is 11.3. The van der Waals surface area contributed by atoms with E-state index in [9.17, 15) is 3.89 Å². The van der Waals surface area contributed by atoms with Gasteiger partial charge in [0.2, 0.25) is 0 Å². The molecule has 34 heavy (non-hydrogen) atoms. The molecule has 2 rings (SSSR count). The third kappa shape index (κ3) is 7.96. The Labute approximate surface area is 208 Å². The highest BCUT2D eigenvalue weighted by molar-refractivity contribution is 7.98. The Kier molecular flexibility index (Phi) is 11.2. The van der Waals surface area contributed by atoms with E-state index in [0.717, 1.165) is 65.4 Å². The second-order valence-electron chi connectivity index (χ2n) is 7.94. The van der Waals surface area contributed by atoms with Gasteiger partial charge in [0.15, 0.2) is 0 Å². The van der Waals surface area contributed by atoms with Crippen LogP contribution >= 0.6 is 12.1 Å². The summed E-state index contributed by atoms with van der Waals surface area (Å²) in [5.41, 5.74) is 5.77. The number of hydrogen-bond acceptors (Lipinski definition) is 5. The molecule has 0 radical (unpaired) electrons. The first-order chi connectivity index (χ1) is 16.4. The van der Waals surface area contributed by atoms with Crippen LogP contribution in [-0.2, 0) is 0 Å². The minimum atomic E-state index is 0.199. The molecule has 0 spiro atoms. The van der Waals surface area contributed by atoms with E-state index in [4.69, 9.17) is 0 Å². The van der Waals surface area contributed by atoms with Crippen LogP contribution in [0.15, 0.2) is 97.1 Å². The standard InChI is InChI=1S/C28H35FN4S/c1-7-27(34-29)24(5)33(6)28(19-22(3)26-15-9-8-13-21(26)2)32-18-11-10-17-31-23(4)25-14-12-16-30-20-25/h7-9,12-16,19-20,31-32H,1,3-4,10-11,17-18H2,2,5-6H3/b27-24+,28-19-. The second kappa shape index (κ2) is 14.1. The van der Waals surface area contributed by atoms with Gasteiger partial charge in [0.1, 0.15) is 5.82 Å². The number of aryl methyl sites for hydroxylation is 1. The first kappa shape index (κ1) is 27.0. The zero-order valence-corrected chi connectivity index (χ0v) is 21.2. The van der Waals surface area contributed by atoms with Crippen molar-refractivity contribution in [2.45, 2.75) is 26.7 Å². The van der Waals surface area contributed by atoms with E-state index < -0.39 is 0 Å². The lowest BCUT2D eigenvalue weighted by molar-refractivity contribution is 0.462. The van der Waals surface area contributed by atoms with E-state index in [-0.39, 0.29) is 12.1 Å². The summed E-state index contributed by atoms with van der Waals surface area (Å²) in [7, 11) is 1.92. The largest absolute Gasteiger partial charge is 0.385 e. The lowest BCUT2D eigenvalue weighted by Gasteiger charge is -2.26. The Balaban J connectivity index is 2.03. The van der Waals surface area contributed by atoms with Crippen molar-refractivity contribution >= 4 is 23.4 Å². The number of nitrogens with zero attached hydrogens (tertiary/aromatic N) is 2. The number of aromatic nitrogens is 1. The van der Waals surface area contributed by atoms with Gasteiger partial charge in [-0.1, -0.05) is 50.1 Å². The van der Waals surface area contributed by atoms with Gasteiger partial charge in [-0.05, 0) is 61.6 Å². The molecule has 4 nitrogen and oxygen atoms in total. The predicted molar refractivity (Wildman–Crippen MR) is 146 cm³/mol. The molecule has 1 heterocycles. The van der Waals surface area contributed by atoms with Crippen LogP contribution in [0.2, 0.25) is 0 Å². The van der Waals surface area contributed by atoms with Crippen molar-refractivity contribution in [3.05, 3.63) is 114 Å². The van der Waals surface area contributed by atoms with Crippen LogP contribution in [0.25, 0.3) is 11.3 Å². The summed E-state index contributed by atoms with van der Waals surface area (Å²) < 4.78 is 13.4. The van der Waals surface area contributed by atoms with E-state index in [2.05, 4.69) is 54.4 Å². The Hall–Kier alpha value is -3.25. The van der Waals surface area contributed by atoms with Gasteiger partial charge in [0.05, 0.1) is 17.1 Å². The molecule has 0 saturated heterocycles. The van der Waals surface area contributed by atoms with Crippen LogP contribution in [0.4, 0.5) is 3.89 Å². The molecule has 0 aliphatic carbocycles. The van der Waals surface area contributed by atoms with Crippen LogP contribution < -0.4 is 10.6 Å². The number of benzene rings is 1. The fourth-order valence-electron chi connectivity index (χ4n) is 3.37. The molecule has 2 N–H and O–H groups in total. The molecule has 1 aromatic carbocycles. The van der Waals surface area contributed by atoms with Crippen molar-refractivity contribution in [1.29, 1.82) is 0 Å². The summed E-state index contributed by atoms with van der Waals surface area (Å²) in [5, 5.41) is 6.86. The van der Waals surface area contributed by atoms with E-state index in [1.807, 2.05) is 49.2 Å². The van der Waals surface area contributed by atoms with Gasteiger partial charge in [-0.3, -0.25) is 4.98 Å². The molecule has 0 aliphatic heterocycles. The number of allylic oxidation sites excluding steroid dienone is 4. The Morgan fingerprint density at radius 2 is 1.82 bits per heavy atom. The van der Waals surface area contributed by atoms with Gasteiger partial charge < -0.3 is 15.5 Å². The third-order valence-electron chi connectivity index (χ3n) is 5.55. The Bertz CT molecular complexity index is 1040. The molecule has 0 aliphatic rings. The van der Waals surface area contributed by atoms with Crippen LogP contribution in [0.5, 0.6) is 0 Å². The maximum Gasteiger partial charge on any atom is 0.106 e. The summed E-state index contributed by atoms with van der Waals surface area (Å²) in [6.45, 7) is 17.6. The zero-order chi connectivity index (χ0) is 24.9. The summed E-state index contributed by atoms with van der Waals surface area (Å²) in [6.07, 6.45) is 9.01. The monoisotopic (exact) mass is 478 g/mol. The highest BCUT2D eigenvalue weighted by Gasteiger charge is 2.12. The van der Waals surface area contributed by atoms with Gasteiger partial charge in [0.25, 0.3) is 0 Å². The van der Waals surface area contributed by atoms with Crippen molar-refractivity contribution in [3.8, 4) is 0 Å². The van der Waals surface area contributed by atoms with Crippen molar-refractivity contribution in [1.82, 2.24) is 20.5 Å². The minimum Gasteiger partial charge on any atom is -0.385 e. The van der Waals surface area contributed by atoms with Crippen LogP contribution in [0.1, 0.15) is 36.5 Å². The van der Waals surface area contributed by atoms with E-state index in [1.165, 1.54) is 6.08 Å². The normalized spacial score (nSPS) is 11.9. The lowest BCUT2D eigenvalue weighted by atomic mass is 10.0. The molecule has 0 bridgehead atoms. The molecule has 0 amide bonds. The fourth-order valence-corrected chi connectivity index (χ4v) is 3.68. The van der Waals surface area contributed by atoms with Crippen molar-refractivity contribution in [2.24, 2.45) is 0 Å². The molecule has 6 heteroatoms. The van der Waals surface area contributed by atoms with Gasteiger partial charge in [-0.15, -0.1) is 0 Å². The Morgan fingerprint density at radius 1 is 1.12 bits per heavy atom. The number of halogens is 1. The smallest absolute Gasteiger partial charge is 0.106 e. The van der Waals surface area contributed by atoms with Gasteiger partial charge in [-0.25, -0.2) is 0 Å². The topological polar surface area (TPSA) is 40.2 Å². The van der Waals surface area contributed by atoms with E-state index in [0.29, 0.717) is 4.91 Å². The second-order valence-corrected chi connectivity index (χ2v) is 8.53. The molecule has 1 aromatic heterocycles. The minimum absolute atomic E-state index is 0.199. The van der Waals surface area contributed by atoms with E-state index >= 15 is 0 Å². The molecule has 2 aromatic rings. The predicted octanol–water partition coefficient (Wildman–Crippen LogP) is 6.84. The average Bonchev–Trinajstić information content (AvgIpc) is 2.86. The first-order valence-corrected chi connectivity index (χ1v) is 12.0. The maximum atomic E-state index is 13.4. The maximum absolute atomic E-state index is 13.4. The van der Waals surface area contributed by atoms with Crippen LogP contribution in [0.3, 0.4) is 0 Å². The summed E-state index contributed by atoms with van der Waals surface area (Å²) >= 11 is 0.199. The average molecular weight is 479 g/mol. The molecule has 0 fully saturated rings. The summed E-state index contributed by atoms with van der Waals surface area (Å²) in [4.78, 5) is 6.55. The number of hydrogen-bond donors (Lipinski definition) is 2. The molecule has 0 unspecified atom stereocenters. The third-order valence-corrected chi connectivity index (χ3v) is 6.18. The van der Waals surface area contributed by atoms with Crippen molar-refractivity contribution in [2.75, 3.05) is 20.1 Å².